The first-order valence-corrected chi connectivity index (χ1v) is 13.4. The van der Waals surface area contributed by atoms with Gasteiger partial charge in [-0.15, -0.1) is 0 Å². The van der Waals surface area contributed by atoms with Gasteiger partial charge in [0, 0.05) is 11.6 Å². The number of carbonyl (C=O) groups is 1. The summed E-state index contributed by atoms with van der Waals surface area (Å²) in [5.74, 6) is 1.42. The monoisotopic (exact) mass is 542 g/mol. The van der Waals surface area contributed by atoms with E-state index in [0.717, 1.165) is 30.4 Å². The maximum atomic E-state index is 12.4. The zero-order chi connectivity index (χ0) is 28.5. The molecule has 1 unspecified atom stereocenters. The predicted octanol–water partition coefficient (Wildman–Crippen LogP) is 6.17. The van der Waals surface area contributed by atoms with Crippen molar-refractivity contribution in [3.05, 3.63) is 88.8 Å². The van der Waals surface area contributed by atoms with Gasteiger partial charge in [0.2, 0.25) is 5.88 Å². The summed E-state index contributed by atoms with van der Waals surface area (Å²) in [4.78, 5) is 12.4. The number of hydrogen-bond acceptors (Lipinski definition) is 8. The Morgan fingerprint density at radius 3 is 2.58 bits per heavy atom. The maximum Gasteiger partial charge on any atom is 0.349 e. The third-order valence-corrected chi connectivity index (χ3v) is 6.37. The average molecular weight is 543 g/mol. The number of ether oxygens (including phenoxy) is 5. The van der Waals surface area contributed by atoms with Crippen molar-refractivity contribution in [1.29, 1.82) is 5.26 Å². The largest absolute Gasteiger partial charge is 0.490 e. The van der Waals surface area contributed by atoms with Gasteiger partial charge in [0.15, 0.2) is 18.1 Å². The summed E-state index contributed by atoms with van der Waals surface area (Å²) in [7, 11) is 0. The fourth-order valence-corrected chi connectivity index (χ4v) is 4.48. The molecule has 1 atom stereocenters. The molecule has 1 aliphatic heterocycles. The van der Waals surface area contributed by atoms with Crippen molar-refractivity contribution >= 4 is 5.97 Å². The number of fused-ring (bicyclic) bond motifs is 1. The average Bonchev–Trinajstić information content (AvgIpc) is 2.94. The van der Waals surface area contributed by atoms with Crippen molar-refractivity contribution < 1.29 is 28.5 Å². The Morgan fingerprint density at radius 1 is 0.975 bits per heavy atom. The molecule has 0 amide bonds. The van der Waals surface area contributed by atoms with E-state index in [2.05, 4.69) is 13.0 Å². The Balaban J connectivity index is 1.56. The van der Waals surface area contributed by atoms with Gasteiger partial charge >= 0.3 is 5.97 Å². The Morgan fingerprint density at radius 2 is 1.82 bits per heavy atom. The standard InChI is InChI=1S/C32H34N2O6/c1-4-6-7-15-37-27-14-11-22(17-29(27)36-5-2)31-25-13-12-24(18-28(25)40-32(34)26(31)19-33)39-30(35)20-38-23-10-8-9-21(3)16-23/h8-14,16-18,31H,4-7,15,20,34H2,1-3H3. The Bertz CT molecular complexity index is 1430. The van der Waals surface area contributed by atoms with E-state index < -0.39 is 11.9 Å². The predicted molar refractivity (Wildman–Crippen MR) is 151 cm³/mol. The summed E-state index contributed by atoms with van der Waals surface area (Å²) in [5.41, 5.74) is 8.99. The van der Waals surface area contributed by atoms with Gasteiger partial charge < -0.3 is 29.4 Å². The van der Waals surface area contributed by atoms with E-state index in [1.54, 1.807) is 24.3 Å². The molecule has 1 heterocycles. The van der Waals surface area contributed by atoms with E-state index >= 15 is 0 Å². The first-order chi connectivity index (χ1) is 19.4. The molecule has 0 saturated carbocycles. The van der Waals surface area contributed by atoms with Crippen molar-refractivity contribution in [2.75, 3.05) is 19.8 Å². The summed E-state index contributed by atoms with van der Waals surface area (Å²) in [6.07, 6.45) is 3.16. The molecule has 0 bridgehead atoms. The number of rotatable bonds is 12. The highest BCUT2D eigenvalue weighted by Crippen LogP contribution is 2.45. The lowest BCUT2D eigenvalue weighted by atomic mass is 9.83. The van der Waals surface area contributed by atoms with E-state index in [-0.39, 0.29) is 23.8 Å². The van der Waals surface area contributed by atoms with Crippen molar-refractivity contribution in [3.8, 4) is 34.8 Å². The molecule has 0 radical (unpaired) electrons. The second kappa shape index (κ2) is 13.4. The summed E-state index contributed by atoms with van der Waals surface area (Å²) < 4.78 is 28.7. The number of unbranched alkanes of at least 4 members (excludes halogenated alkanes) is 2. The molecule has 0 aliphatic carbocycles. The lowest BCUT2D eigenvalue weighted by Crippen LogP contribution is -2.22. The van der Waals surface area contributed by atoms with Crippen LogP contribution < -0.4 is 29.4 Å². The summed E-state index contributed by atoms with van der Waals surface area (Å²) in [6, 6.07) is 20.2. The molecule has 3 aromatic rings. The molecule has 4 rings (SSSR count). The molecule has 0 aromatic heterocycles. The highest BCUT2D eigenvalue weighted by molar-refractivity contribution is 5.74. The van der Waals surface area contributed by atoms with E-state index in [0.29, 0.717) is 41.8 Å². The lowest BCUT2D eigenvalue weighted by molar-refractivity contribution is -0.136. The molecule has 3 aromatic carbocycles. The van der Waals surface area contributed by atoms with Crippen LogP contribution in [0.3, 0.4) is 0 Å². The van der Waals surface area contributed by atoms with Crippen molar-refractivity contribution in [3.63, 3.8) is 0 Å². The first kappa shape index (κ1) is 28.4. The number of carbonyl (C=O) groups excluding carboxylic acids is 1. The number of benzene rings is 3. The van der Waals surface area contributed by atoms with Gasteiger partial charge in [0.25, 0.3) is 0 Å². The summed E-state index contributed by atoms with van der Waals surface area (Å²) in [5, 5.41) is 9.95. The van der Waals surface area contributed by atoms with Crippen LogP contribution in [0.5, 0.6) is 28.7 Å². The molecular weight excluding hydrogens is 508 g/mol. The molecular formula is C32H34N2O6. The van der Waals surface area contributed by atoms with Crippen molar-refractivity contribution in [1.82, 2.24) is 0 Å². The topological polar surface area (TPSA) is 113 Å². The molecule has 0 fully saturated rings. The minimum atomic E-state index is -0.564. The number of hydrogen-bond donors (Lipinski definition) is 1. The number of nitrogens with two attached hydrogens (primary N) is 1. The van der Waals surface area contributed by atoms with E-state index in [1.807, 2.05) is 50.2 Å². The molecule has 0 spiro atoms. The Hall–Kier alpha value is -4.64. The van der Waals surface area contributed by atoms with Crippen LogP contribution in [-0.2, 0) is 4.79 Å². The fraction of sp³-hybridized carbons (Fsp3) is 0.312. The first-order valence-electron chi connectivity index (χ1n) is 13.4. The SMILES string of the molecule is CCCCCOc1ccc(C2C(C#N)=C(N)Oc3cc(OC(=O)COc4cccc(C)c4)ccc32)cc1OCC. The molecule has 0 saturated heterocycles. The van der Waals surface area contributed by atoms with Gasteiger partial charge in [0.05, 0.1) is 19.1 Å². The van der Waals surface area contributed by atoms with Crippen molar-refractivity contribution in [2.24, 2.45) is 5.73 Å². The van der Waals surface area contributed by atoms with Gasteiger partial charge in [-0.2, -0.15) is 5.26 Å². The van der Waals surface area contributed by atoms with E-state index in [4.69, 9.17) is 29.4 Å². The van der Waals surface area contributed by atoms with Crippen LogP contribution >= 0.6 is 0 Å². The zero-order valence-electron chi connectivity index (χ0n) is 23.1. The highest BCUT2D eigenvalue weighted by Gasteiger charge is 2.32. The van der Waals surface area contributed by atoms with Crippen molar-refractivity contribution in [2.45, 2.75) is 46.0 Å². The van der Waals surface area contributed by atoms with Gasteiger partial charge in [0.1, 0.15) is 28.9 Å². The highest BCUT2D eigenvalue weighted by atomic mass is 16.6. The number of allylic oxidation sites excluding steroid dienone is 1. The van der Waals surface area contributed by atoms with E-state index in [9.17, 15) is 10.1 Å². The van der Waals surface area contributed by atoms with Crippen LogP contribution in [0.25, 0.3) is 0 Å². The Kier molecular flexibility index (Phi) is 9.53. The quantitative estimate of drug-likeness (QED) is 0.164. The van der Waals surface area contributed by atoms with Crippen LogP contribution in [0.4, 0.5) is 0 Å². The molecule has 2 N–H and O–H groups in total. The zero-order valence-corrected chi connectivity index (χ0v) is 23.1. The van der Waals surface area contributed by atoms with Gasteiger partial charge in [-0.25, -0.2) is 4.79 Å². The van der Waals surface area contributed by atoms with Crippen LogP contribution in [0.1, 0.15) is 55.7 Å². The lowest BCUT2D eigenvalue weighted by Gasteiger charge is -2.27. The van der Waals surface area contributed by atoms with Gasteiger partial charge in [-0.05, 0) is 61.7 Å². The number of aryl methyl sites for hydroxylation is 1. The molecule has 8 nitrogen and oxygen atoms in total. The van der Waals surface area contributed by atoms with Gasteiger partial charge in [-0.1, -0.05) is 44.0 Å². The normalized spacial score (nSPS) is 14.0. The maximum absolute atomic E-state index is 12.4. The van der Waals surface area contributed by atoms with Crippen LogP contribution in [0, 0.1) is 18.3 Å². The third-order valence-electron chi connectivity index (χ3n) is 6.37. The Labute approximate surface area is 234 Å². The number of nitrogens with zero attached hydrogens (tertiary/aromatic N) is 1. The molecule has 1 aliphatic rings. The molecule has 40 heavy (non-hydrogen) atoms. The van der Waals surface area contributed by atoms with Gasteiger partial charge in [-0.3, -0.25) is 0 Å². The van der Waals surface area contributed by atoms with E-state index in [1.165, 1.54) is 0 Å². The summed E-state index contributed by atoms with van der Waals surface area (Å²) in [6.45, 7) is 6.80. The van der Waals surface area contributed by atoms with Crippen LogP contribution in [0.15, 0.2) is 72.1 Å². The van der Waals surface area contributed by atoms with Crippen LogP contribution in [-0.4, -0.2) is 25.8 Å². The summed E-state index contributed by atoms with van der Waals surface area (Å²) >= 11 is 0. The fourth-order valence-electron chi connectivity index (χ4n) is 4.48. The van der Waals surface area contributed by atoms with Crippen LogP contribution in [0.2, 0.25) is 0 Å². The minimum Gasteiger partial charge on any atom is -0.490 e. The minimum absolute atomic E-state index is 0.0101. The third kappa shape index (κ3) is 6.86. The second-order valence-corrected chi connectivity index (χ2v) is 9.40. The molecule has 208 valence electrons. The molecule has 8 heteroatoms. The smallest absolute Gasteiger partial charge is 0.349 e. The number of esters is 1. The number of nitriles is 1. The second-order valence-electron chi connectivity index (χ2n) is 9.40.